The highest BCUT2D eigenvalue weighted by atomic mass is 16.5. The summed E-state index contributed by atoms with van der Waals surface area (Å²) in [5.41, 5.74) is 1.30. The van der Waals surface area contributed by atoms with Gasteiger partial charge in [0.05, 0.1) is 18.4 Å². The maximum absolute atomic E-state index is 8.65. The Morgan fingerprint density at radius 3 is 2.82 bits per heavy atom. The largest absolute Gasteiger partial charge is 0.366 e. The fraction of sp³-hybridized carbons (Fsp3) is 0.273. The van der Waals surface area contributed by atoms with Crippen molar-refractivity contribution >= 4 is 5.69 Å². The molecule has 0 radical (unpaired) electrons. The third-order valence-electron chi connectivity index (χ3n) is 2.25. The van der Waals surface area contributed by atoms with Crippen LogP contribution in [-0.4, -0.2) is 22.2 Å². The molecule has 2 heterocycles. The van der Waals surface area contributed by atoms with Crippen LogP contribution in [0.2, 0.25) is 0 Å². The van der Waals surface area contributed by atoms with Crippen molar-refractivity contribution in [2.75, 3.05) is 11.9 Å². The van der Waals surface area contributed by atoms with Gasteiger partial charge in [0.15, 0.2) is 5.82 Å². The molecule has 0 saturated heterocycles. The number of hydrogen-bond donors (Lipinski definition) is 0. The number of rotatable bonds is 3. The van der Waals surface area contributed by atoms with E-state index < -0.39 is 0 Å². The highest BCUT2D eigenvalue weighted by molar-refractivity contribution is 5.44. The van der Waals surface area contributed by atoms with Gasteiger partial charge >= 0.3 is 0 Å². The molecule has 2 aromatic rings. The number of aryl methyl sites for hydroxylation is 1. The molecule has 0 aliphatic carbocycles. The second-order valence-corrected chi connectivity index (χ2v) is 3.60. The van der Waals surface area contributed by atoms with Gasteiger partial charge in [-0.15, -0.1) is 0 Å². The van der Waals surface area contributed by atoms with E-state index in [2.05, 4.69) is 15.1 Å². The van der Waals surface area contributed by atoms with Crippen molar-refractivity contribution in [3.05, 3.63) is 35.7 Å². The second-order valence-electron chi connectivity index (χ2n) is 3.60. The fourth-order valence-electron chi connectivity index (χ4n) is 1.39. The normalized spacial score (nSPS) is 9.94. The van der Waals surface area contributed by atoms with Crippen LogP contribution >= 0.6 is 0 Å². The van der Waals surface area contributed by atoms with E-state index in [0.29, 0.717) is 24.0 Å². The predicted octanol–water partition coefficient (Wildman–Crippen LogP) is 1.28. The maximum Gasteiger partial charge on any atom is 0.223 e. The zero-order valence-corrected chi connectivity index (χ0v) is 9.58. The van der Waals surface area contributed by atoms with Crippen LogP contribution in [0.15, 0.2) is 22.9 Å². The number of hydrogen-bond acceptors (Lipinski definition) is 6. The third-order valence-corrected chi connectivity index (χ3v) is 2.25. The molecule has 0 spiro atoms. The average Bonchev–Trinajstić information content (AvgIpc) is 2.75. The smallest absolute Gasteiger partial charge is 0.223 e. The van der Waals surface area contributed by atoms with Gasteiger partial charge in [-0.2, -0.15) is 10.2 Å². The molecule has 0 fully saturated rings. The quantitative estimate of drug-likeness (QED) is 0.788. The van der Waals surface area contributed by atoms with Gasteiger partial charge in [0.25, 0.3) is 0 Å². The molecule has 0 aromatic carbocycles. The van der Waals surface area contributed by atoms with Gasteiger partial charge in [0.1, 0.15) is 11.8 Å². The molecule has 0 aliphatic rings. The van der Waals surface area contributed by atoms with Gasteiger partial charge in [0, 0.05) is 14.0 Å². The fourth-order valence-corrected chi connectivity index (χ4v) is 1.39. The Bertz CT molecular complexity index is 540. The number of nitrogens with zero attached hydrogens (tertiary/aromatic N) is 5. The Balaban J connectivity index is 2.09. The maximum atomic E-state index is 8.65. The minimum absolute atomic E-state index is 0.401. The van der Waals surface area contributed by atoms with Crippen molar-refractivity contribution in [2.24, 2.45) is 0 Å². The number of aromatic nitrogens is 3. The molecule has 86 valence electrons. The Kier molecular flexibility index (Phi) is 3.01. The zero-order chi connectivity index (χ0) is 12.3. The van der Waals surface area contributed by atoms with Crippen molar-refractivity contribution in [3.8, 4) is 6.07 Å². The van der Waals surface area contributed by atoms with Crippen molar-refractivity contribution in [1.82, 2.24) is 15.1 Å². The summed E-state index contributed by atoms with van der Waals surface area (Å²) in [5.74, 6) is 1.17. The number of anilines is 1. The van der Waals surface area contributed by atoms with Crippen molar-refractivity contribution < 1.29 is 4.52 Å². The van der Waals surface area contributed by atoms with Crippen LogP contribution in [0.3, 0.4) is 0 Å². The zero-order valence-electron chi connectivity index (χ0n) is 9.58. The minimum atomic E-state index is 0.401. The van der Waals surface area contributed by atoms with Crippen LogP contribution in [0.1, 0.15) is 17.4 Å². The van der Waals surface area contributed by atoms with E-state index in [1.165, 1.54) is 0 Å². The first-order valence-electron chi connectivity index (χ1n) is 5.05. The van der Waals surface area contributed by atoms with E-state index in [1.807, 2.05) is 24.1 Å². The summed E-state index contributed by atoms with van der Waals surface area (Å²) in [6.07, 6.45) is 1.64. The van der Waals surface area contributed by atoms with Gasteiger partial charge in [-0.05, 0) is 12.1 Å². The Labute approximate surface area is 98.5 Å². The van der Waals surface area contributed by atoms with Gasteiger partial charge in [-0.25, -0.2) is 4.98 Å². The van der Waals surface area contributed by atoms with Crippen LogP contribution in [0.4, 0.5) is 5.69 Å². The van der Waals surface area contributed by atoms with Crippen LogP contribution < -0.4 is 4.90 Å². The van der Waals surface area contributed by atoms with Crippen molar-refractivity contribution in [2.45, 2.75) is 13.5 Å². The van der Waals surface area contributed by atoms with E-state index in [1.54, 1.807) is 19.2 Å². The molecule has 0 amide bonds. The van der Waals surface area contributed by atoms with Gasteiger partial charge < -0.3 is 9.42 Å². The van der Waals surface area contributed by atoms with Gasteiger partial charge in [0.2, 0.25) is 5.89 Å². The van der Waals surface area contributed by atoms with Crippen molar-refractivity contribution in [1.29, 1.82) is 5.26 Å². The molecule has 6 heteroatoms. The van der Waals surface area contributed by atoms with Gasteiger partial charge in [-0.1, -0.05) is 5.16 Å². The lowest BCUT2D eigenvalue weighted by Crippen LogP contribution is -2.17. The molecular weight excluding hydrogens is 218 g/mol. The molecule has 0 bridgehead atoms. The number of pyridine rings is 1. The molecule has 0 atom stereocenters. The van der Waals surface area contributed by atoms with Gasteiger partial charge in [-0.3, -0.25) is 0 Å². The molecular formula is C11H11N5O. The first kappa shape index (κ1) is 11.1. The topological polar surface area (TPSA) is 78.8 Å². The molecule has 2 rings (SSSR count). The van der Waals surface area contributed by atoms with E-state index in [4.69, 9.17) is 9.78 Å². The first-order chi connectivity index (χ1) is 8.19. The Morgan fingerprint density at radius 2 is 2.29 bits per heavy atom. The molecule has 0 N–H and O–H groups in total. The minimum Gasteiger partial charge on any atom is -0.366 e. The lowest BCUT2D eigenvalue weighted by molar-refractivity contribution is 0.387. The highest BCUT2D eigenvalue weighted by Gasteiger charge is 2.07. The lowest BCUT2D eigenvalue weighted by atomic mass is 10.3. The second kappa shape index (κ2) is 4.61. The summed E-state index contributed by atoms with van der Waals surface area (Å²) in [6, 6.07) is 5.48. The molecule has 0 saturated carbocycles. The first-order valence-corrected chi connectivity index (χ1v) is 5.05. The van der Waals surface area contributed by atoms with Crippen LogP contribution in [0.25, 0.3) is 0 Å². The number of nitriles is 1. The van der Waals surface area contributed by atoms with E-state index in [9.17, 15) is 0 Å². The van der Waals surface area contributed by atoms with E-state index >= 15 is 0 Å². The molecule has 0 unspecified atom stereocenters. The summed E-state index contributed by atoms with van der Waals surface area (Å²) in [5, 5.41) is 12.5. The third kappa shape index (κ3) is 2.58. The SMILES string of the molecule is Cc1nc(CN(C)c2ccc(C#N)nc2)no1. The average molecular weight is 229 g/mol. The molecule has 17 heavy (non-hydrogen) atoms. The summed E-state index contributed by atoms with van der Waals surface area (Å²) >= 11 is 0. The van der Waals surface area contributed by atoms with Crippen molar-refractivity contribution in [3.63, 3.8) is 0 Å². The van der Waals surface area contributed by atoms with E-state index in [0.717, 1.165) is 5.69 Å². The summed E-state index contributed by atoms with van der Waals surface area (Å²) in [4.78, 5) is 10.0. The molecule has 2 aromatic heterocycles. The summed E-state index contributed by atoms with van der Waals surface area (Å²) in [7, 11) is 1.90. The Hall–Kier alpha value is -2.42. The summed E-state index contributed by atoms with van der Waals surface area (Å²) in [6.45, 7) is 2.28. The molecule has 6 nitrogen and oxygen atoms in total. The Morgan fingerprint density at radius 1 is 1.47 bits per heavy atom. The summed E-state index contributed by atoms with van der Waals surface area (Å²) < 4.78 is 4.89. The van der Waals surface area contributed by atoms with E-state index in [-0.39, 0.29) is 0 Å². The van der Waals surface area contributed by atoms with Crippen LogP contribution in [0, 0.1) is 18.3 Å². The highest BCUT2D eigenvalue weighted by Crippen LogP contribution is 2.13. The standard InChI is InChI=1S/C11H11N5O/c1-8-14-11(15-17-8)7-16(2)10-4-3-9(5-12)13-6-10/h3-4,6H,7H2,1-2H3. The monoisotopic (exact) mass is 229 g/mol. The van der Waals surface area contributed by atoms with Crippen LogP contribution in [0.5, 0.6) is 0 Å². The predicted molar refractivity (Wildman–Crippen MR) is 60.1 cm³/mol. The molecule has 0 aliphatic heterocycles. The van der Waals surface area contributed by atoms with Crippen LogP contribution in [-0.2, 0) is 6.54 Å². The lowest BCUT2D eigenvalue weighted by Gasteiger charge is -2.16.